The van der Waals surface area contributed by atoms with E-state index in [-0.39, 0.29) is 30.2 Å². The van der Waals surface area contributed by atoms with E-state index in [2.05, 4.69) is 170 Å². The predicted molar refractivity (Wildman–Crippen MR) is 224 cm³/mol. The number of fused-ring (bicyclic) bond motifs is 2. The maximum Gasteiger partial charge on any atom is -1.00 e. The Balaban J connectivity index is 0.000000249. The van der Waals surface area contributed by atoms with Crippen molar-refractivity contribution in [3.05, 3.63) is 126 Å². The maximum absolute atomic E-state index is 2.47. The molecule has 0 saturated heterocycles. The van der Waals surface area contributed by atoms with Crippen LogP contribution in [0.2, 0.25) is 32.7 Å². The summed E-state index contributed by atoms with van der Waals surface area (Å²) in [6.45, 7) is 20.9. The average molecular weight is 841 g/mol. The molecule has 6 aromatic carbocycles. The Bertz CT molecular complexity index is 2000. The Kier molecular flexibility index (Phi) is 17.1. The van der Waals surface area contributed by atoms with E-state index >= 15 is 0 Å². The van der Waals surface area contributed by atoms with Gasteiger partial charge in [0, 0.05) is 0 Å². The van der Waals surface area contributed by atoms with Gasteiger partial charge in [0.1, 0.15) is 0 Å². The summed E-state index contributed by atoms with van der Waals surface area (Å²) in [5, 5.41) is 7.09. The van der Waals surface area contributed by atoms with Crippen LogP contribution in [0.1, 0.15) is 81.9 Å². The van der Waals surface area contributed by atoms with Gasteiger partial charge in [0.25, 0.3) is 0 Å². The van der Waals surface area contributed by atoms with E-state index < -0.39 is 8.07 Å². The molecule has 6 aromatic rings. The van der Waals surface area contributed by atoms with Crippen molar-refractivity contribution in [1.29, 1.82) is 0 Å². The topological polar surface area (TPSA) is 0 Å². The van der Waals surface area contributed by atoms with Crippen molar-refractivity contribution in [2.45, 2.75) is 104 Å². The quantitative estimate of drug-likeness (QED) is 0.119. The smallest absolute Gasteiger partial charge is 1.00 e. The van der Waals surface area contributed by atoms with Crippen LogP contribution in [0.4, 0.5) is 0 Å². The molecule has 0 amide bonds. The minimum absolute atomic E-state index is 0. The van der Waals surface area contributed by atoms with Crippen LogP contribution >= 0.6 is 0 Å². The van der Waals surface area contributed by atoms with Gasteiger partial charge in [-0.1, -0.05) is 137 Å². The Labute approximate surface area is 344 Å². The first-order valence-electron chi connectivity index (χ1n) is 18.9. The third-order valence-corrected chi connectivity index (χ3v) is 12.5. The van der Waals surface area contributed by atoms with Crippen molar-refractivity contribution in [2.24, 2.45) is 5.92 Å². The summed E-state index contributed by atoms with van der Waals surface area (Å²) in [6.07, 6.45) is 6.58. The van der Waals surface area contributed by atoms with Crippen LogP contribution < -0.4 is 30.0 Å². The van der Waals surface area contributed by atoms with Crippen LogP contribution in [0.5, 0.6) is 0 Å². The zero-order chi connectivity index (χ0) is 36.0. The van der Waals surface area contributed by atoms with E-state index in [4.69, 9.17) is 0 Å². The van der Waals surface area contributed by atoms with Crippen molar-refractivity contribution >= 4 is 40.2 Å². The molecule has 0 unspecified atom stereocenters. The Morgan fingerprint density at radius 3 is 1.67 bits per heavy atom. The minimum Gasteiger partial charge on any atom is -1.00 e. The molecule has 0 atom stereocenters. The zero-order valence-electron chi connectivity index (χ0n) is 32.9. The van der Waals surface area contributed by atoms with Crippen LogP contribution in [0, 0.1) is 5.92 Å². The summed E-state index contributed by atoms with van der Waals surface area (Å²) >= 11 is 1.74. The second kappa shape index (κ2) is 20.1. The molecule has 1 aliphatic carbocycles. The van der Waals surface area contributed by atoms with E-state index in [1.807, 2.05) is 0 Å². The van der Waals surface area contributed by atoms with Gasteiger partial charge in [0.2, 0.25) is 0 Å². The van der Waals surface area contributed by atoms with Crippen molar-refractivity contribution in [2.75, 3.05) is 0 Å². The summed E-state index contributed by atoms with van der Waals surface area (Å²) in [7, 11) is -1.21. The number of rotatable bonds is 6. The van der Waals surface area contributed by atoms with Gasteiger partial charge in [0.05, 0.1) is 8.07 Å². The molecule has 0 radical (unpaired) electrons. The molecular formula is C47H58Cl2Si2Zr-2. The van der Waals surface area contributed by atoms with E-state index in [0.29, 0.717) is 5.92 Å². The minimum atomic E-state index is -1.21. The molecule has 1 aliphatic rings. The predicted octanol–water partition coefficient (Wildman–Crippen LogP) is 7.77. The van der Waals surface area contributed by atoms with Gasteiger partial charge in [-0.3, -0.25) is 0 Å². The second-order valence-corrected chi connectivity index (χ2v) is 30.6. The molecule has 0 nitrogen and oxygen atoms in total. The molecule has 0 bridgehead atoms. The Morgan fingerprint density at radius 1 is 0.712 bits per heavy atom. The van der Waals surface area contributed by atoms with Gasteiger partial charge >= 0.3 is 41.9 Å². The molecule has 52 heavy (non-hydrogen) atoms. The molecule has 0 aliphatic heterocycles. The molecular weight excluding hydrogens is 783 g/mol. The first-order valence-corrected chi connectivity index (χ1v) is 28.6. The fraction of sp³-hybridized carbons (Fsp3) is 0.362. The molecule has 0 aromatic heterocycles. The molecule has 0 N–H and O–H groups in total. The molecule has 7 rings (SSSR count). The van der Waals surface area contributed by atoms with Gasteiger partial charge in [-0.15, -0.1) is 69.1 Å². The largest absolute Gasteiger partial charge is 1.00 e. The van der Waals surface area contributed by atoms with Crippen molar-refractivity contribution in [3.63, 3.8) is 0 Å². The fourth-order valence-electron chi connectivity index (χ4n) is 7.29. The Morgan fingerprint density at radius 2 is 1.19 bits per heavy atom. The van der Waals surface area contributed by atoms with Crippen LogP contribution in [-0.4, -0.2) is 13.5 Å². The van der Waals surface area contributed by atoms with E-state index in [0.717, 1.165) is 18.3 Å². The van der Waals surface area contributed by atoms with Crippen LogP contribution in [-0.2, 0) is 29.8 Å². The molecule has 5 heteroatoms. The average Bonchev–Trinajstić information content (AvgIpc) is 3.73. The van der Waals surface area contributed by atoms with Gasteiger partial charge in [-0.05, 0) is 53.7 Å². The van der Waals surface area contributed by atoms with Crippen molar-refractivity contribution in [3.8, 4) is 22.3 Å². The normalized spacial score (nSPS) is 15.5. The number of hydrogen-bond donors (Lipinski definition) is 0. The van der Waals surface area contributed by atoms with E-state index in [1.54, 1.807) is 28.9 Å². The first-order chi connectivity index (χ1) is 23.8. The molecule has 274 valence electrons. The standard InChI is InChI=1S/C25H29.C20H23Si.C2H6Si.2ClH.Zr/c1-17(2)19-11-13-21(14-12-19)24-6-4-5-22-15-23(16-25(22)24)20-9-7-18(3)8-10-20;1-5-15-13-17-7-6-8-19(20(17)14-15)16-9-11-18(12-10-16)21(2,3)4;1-3-2;;;/h4-6,11-18,20H,7-10H2,1-3H3;6-14H,5H2,1-4H3;1-2H3;2*1H;/q2*-1;;;;+2/p-2. The number of aryl methyl sites for hydroxylation is 1. The molecule has 0 heterocycles. The van der Waals surface area contributed by atoms with E-state index in [9.17, 15) is 0 Å². The third kappa shape index (κ3) is 11.5. The van der Waals surface area contributed by atoms with Crippen molar-refractivity contribution < 1.29 is 48.1 Å². The maximum atomic E-state index is 2.47. The zero-order valence-corrected chi connectivity index (χ0v) is 38.9. The molecule has 0 spiro atoms. The second-order valence-electron chi connectivity index (χ2n) is 16.2. The van der Waals surface area contributed by atoms with Crippen molar-refractivity contribution in [1.82, 2.24) is 0 Å². The Hall–Kier alpha value is -2.00. The monoisotopic (exact) mass is 838 g/mol. The van der Waals surface area contributed by atoms with E-state index in [1.165, 1.54) is 85.8 Å². The van der Waals surface area contributed by atoms with Crippen LogP contribution in [0.15, 0.2) is 109 Å². The number of hydrogen-bond acceptors (Lipinski definition) is 0. The first kappa shape index (κ1) is 44.4. The van der Waals surface area contributed by atoms with Gasteiger partial charge in [-0.2, -0.15) is 12.1 Å². The SMILES string of the molecule is CC1CCC(c2cc3c(-c4ccc(C(C)C)cc4)cccc3[cH-]2)CC1.CCc1cc2c(-c3ccc([Si](C)(C)C)cc3)cccc2[cH-]1.C[Si](C)=[Zr+2].[Cl-].[Cl-]. The van der Waals surface area contributed by atoms with Crippen LogP contribution in [0.25, 0.3) is 43.8 Å². The summed E-state index contributed by atoms with van der Waals surface area (Å²) in [5.41, 5.74) is 10.0. The summed E-state index contributed by atoms with van der Waals surface area (Å²) in [6, 6.07) is 41.3. The molecule has 1 fully saturated rings. The summed E-state index contributed by atoms with van der Waals surface area (Å²) < 4.78 is 0. The fourth-order valence-corrected chi connectivity index (χ4v) is 8.46. The number of halogens is 2. The molecule has 1 saturated carbocycles. The van der Waals surface area contributed by atoms with Gasteiger partial charge in [-0.25, -0.2) is 0 Å². The summed E-state index contributed by atoms with van der Waals surface area (Å²) in [5.74, 6) is 2.26. The van der Waals surface area contributed by atoms with Crippen LogP contribution in [0.3, 0.4) is 0 Å². The third-order valence-electron chi connectivity index (χ3n) is 10.4. The van der Waals surface area contributed by atoms with Gasteiger partial charge < -0.3 is 24.8 Å². The number of benzene rings is 4. The summed E-state index contributed by atoms with van der Waals surface area (Å²) in [4.78, 5) is 0. The van der Waals surface area contributed by atoms with Gasteiger partial charge in [0.15, 0.2) is 0 Å².